The minimum absolute atomic E-state index is 0.288. The fourth-order valence-electron chi connectivity index (χ4n) is 1.96. The standard InChI is InChI=1S/C13H20N4O/c1-10(2)7-14-12-6-13(16-9-15-12)17-5-3-4-11(18)8-17/h6,9-10H,3-5,7-8H2,1-2H3,(H,14,15,16). The average molecular weight is 248 g/mol. The van der Waals surface area contributed by atoms with Crippen molar-refractivity contribution < 1.29 is 4.79 Å². The van der Waals surface area contributed by atoms with Crippen LogP contribution in [-0.4, -0.2) is 35.4 Å². The predicted octanol–water partition coefficient (Wildman–Crippen LogP) is 1.71. The molecule has 1 saturated heterocycles. The highest BCUT2D eigenvalue weighted by Gasteiger charge is 2.18. The molecular formula is C13H20N4O. The van der Waals surface area contributed by atoms with Gasteiger partial charge in [-0.3, -0.25) is 4.79 Å². The Morgan fingerprint density at radius 1 is 1.44 bits per heavy atom. The molecule has 1 aromatic rings. The van der Waals surface area contributed by atoms with Crippen molar-refractivity contribution in [2.45, 2.75) is 26.7 Å². The van der Waals surface area contributed by atoms with E-state index in [0.29, 0.717) is 18.9 Å². The van der Waals surface area contributed by atoms with Gasteiger partial charge in [0.1, 0.15) is 18.0 Å². The Bertz CT molecular complexity index is 419. The number of rotatable bonds is 4. The largest absolute Gasteiger partial charge is 0.370 e. The van der Waals surface area contributed by atoms with E-state index in [1.807, 2.05) is 11.0 Å². The van der Waals surface area contributed by atoms with Crippen LogP contribution in [0.3, 0.4) is 0 Å². The van der Waals surface area contributed by atoms with E-state index in [1.54, 1.807) is 6.33 Å². The van der Waals surface area contributed by atoms with Crippen molar-refractivity contribution in [1.82, 2.24) is 9.97 Å². The Hall–Kier alpha value is -1.65. The quantitative estimate of drug-likeness (QED) is 0.879. The number of nitrogens with one attached hydrogen (secondary N) is 1. The summed E-state index contributed by atoms with van der Waals surface area (Å²) in [7, 11) is 0. The number of anilines is 2. The fraction of sp³-hybridized carbons (Fsp3) is 0.615. The summed E-state index contributed by atoms with van der Waals surface area (Å²) >= 11 is 0. The smallest absolute Gasteiger partial charge is 0.152 e. The van der Waals surface area contributed by atoms with Crippen LogP contribution in [0, 0.1) is 5.92 Å². The van der Waals surface area contributed by atoms with Gasteiger partial charge in [-0.05, 0) is 12.3 Å². The monoisotopic (exact) mass is 248 g/mol. The number of carbonyl (C=O) groups is 1. The molecule has 2 heterocycles. The third-order valence-corrected chi connectivity index (χ3v) is 2.92. The predicted molar refractivity (Wildman–Crippen MR) is 71.8 cm³/mol. The maximum atomic E-state index is 11.4. The van der Waals surface area contributed by atoms with E-state index >= 15 is 0 Å². The van der Waals surface area contributed by atoms with Gasteiger partial charge in [-0.1, -0.05) is 13.8 Å². The molecule has 5 heteroatoms. The molecule has 1 N–H and O–H groups in total. The molecule has 0 atom stereocenters. The van der Waals surface area contributed by atoms with E-state index in [9.17, 15) is 4.79 Å². The Morgan fingerprint density at radius 2 is 2.28 bits per heavy atom. The lowest BCUT2D eigenvalue weighted by Crippen LogP contribution is -2.36. The van der Waals surface area contributed by atoms with Crippen LogP contribution < -0.4 is 10.2 Å². The highest BCUT2D eigenvalue weighted by molar-refractivity contribution is 5.84. The van der Waals surface area contributed by atoms with Crippen molar-refractivity contribution in [3.05, 3.63) is 12.4 Å². The van der Waals surface area contributed by atoms with Gasteiger partial charge in [-0.2, -0.15) is 0 Å². The topological polar surface area (TPSA) is 58.1 Å². The van der Waals surface area contributed by atoms with Crippen LogP contribution in [0.15, 0.2) is 12.4 Å². The third kappa shape index (κ3) is 3.42. The van der Waals surface area contributed by atoms with E-state index in [1.165, 1.54) is 0 Å². The summed E-state index contributed by atoms with van der Waals surface area (Å²) < 4.78 is 0. The Labute approximate surface area is 108 Å². The molecule has 0 aromatic carbocycles. The molecule has 2 rings (SSSR count). The number of nitrogens with zero attached hydrogens (tertiary/aromatic N) is 3. The van der Waals surface area contributed by atoms with Gasteiger partial charge < -0.3 is 10.2 Å². The number of Topliss-reactive ketones (excluding diaryl/α,β-unsaturated/α-hetero) is 1. The van der Waals surface area contributed by atoms with Crippen molar-refractivity contribution in [2.75, 3.05) is 29.9 Å². The zero-order valence-electron chi connectivity index (χ0n) is 11.0. The highest BCUT2D eigenvalue weighted by Crippen LogP contribution is 2.17. The second-order valence-electron chi connectivity index (χ2n) is 5.10. The zero-order chi connectivity index (χ0) is 13.0. The molecule has 0 radical (unpaired) electrons. The molecule has 0 unspecified atom stereocenters. The van der Waals surface area contributed by atoms with Crippen molar-refractivity contribution in [1.29, 1.82) is 0 Å². The lowest BCUT2D eigenvalue weighted by Gasteiger charge is -2.26. The van der Waals surface area contributed by atoms with Crippen molar-refractivity contribution in [3.8, 4) is 0 Å². The molecule has 5 nitrogen and oxygen atoms in total. The number of aromatic nitrogens is 2. The van der Waals surface area contributed by atoms with Crippen LogP contribution in [0.1, 0.15) is 26.7 Å². The molecule has 0 saturated carbocycles. The zero-order valence-corrected chi connectivity index (χ0v) is 11.0. The number of hydrogen-bond acceptors (Lipinski definition) is 5. The van der Waals surface area contributed by atoms with Gasteiger partial charge in [0.15, 0.2) is 5.78 Å². The molecule has 18 heavy (non-hydrogen) atoms. The van der Waals surface area contributed by atoms with Gasteiger partial charge in [0.05, 0.1) is 6.54 Å². The van der Waals surface area contributed by atoms with Gasteiger partial charge in [0, 0.05) is 25.6 Å². The summed E-state index contributed by atoms with van der Waals surface area (Å²) in [4.78, 5) is 21.9. The van der Waals surface area contributed by atoms with Crippen LogP contribution in [0.5, 0.6) is 0 Å². The molecule has 1 aliphatic heterocycles. The maximum Gasteiger partial charge on any atom is 0.152 e. The maximum absolute atomic E-state index is 11.4. The molecule has 0 amide bonds. The van der Waals surface area contributed by atoms with Gasteiger partial charge in [-0.15, -0.1) is 0 Å². The van der Waals surface area contributed by atoms with Crippen LogP contribution >= 0.6 is 0 Å². The highest BCUT2D eigenvalue weighted by atomic mass is 16.1. The first-order valence-corrected chi connectivity index (χ1v) is 6.47. The summed E-state index contributed by atoms with van der Waals surface area (Å²) in [5, 5.41) is 3.27. The average Bonchev–Trinajstić information content (AvgIpc) is 2.37. The summed E-state index contributed by atoms with van der Waals surface area (Å²) in [5.74, 6) is 2.52. The Balaban J connectivity index is 2.04. The van der Waals surface area contributed by atoms with Gasteiger partial charge in [0.25, 0.3) is 0 Å². The van der Waals surface area contributed by atoms with Crippen molar-refractivity contribution >= 4 is 17.4 Å². The molecule has 1 aromatic heterocycles. The molecule has 1 fully saturated rings. The van der Waals surface area contributed by atoms with Crippen molar-refractivity contribution in [3.63, 3.8) is 0 Å². The Kier molecular flexibility index (Phi) is 4.12. The second kappa shape index (κ2) is 5.80. The SMILES string of the molecule is CC(C)CNc1cc(N2CCCC(=O)C2)ncn1. The molecule has 98 valence electrons. The number of hydrogen-bond donors (Lipinski definition) is 1. The minimum atomic E-state index is 0.288. The summed E-state index contributed by atoms with van der Waals surface area (Å²) in [6.07, 6.45) is 3.16. The van der Waals surface area contributed by atoms with Gasteiger partial charge in [0.2, 0.25) is 0 Å². The van der Waals surface area contributed by atoms with Gasteiger partial charge >= 0.3 is 0 Å². The first-order chi connectivity index (χ1) is 8.65. The second-order valence-corrected chi connectivity index (χ2v) is 5.10. The van der Waals surface area contributed by atoms with E-state index in [4.69, 9.17) is 0 Å². The fourth-order valence-corrected chi connectivity index (χ4v) is 1.96. The molecule has 0 bridgehead atoms. The van der Waals surface area contributed by atoms with E-state index < -0.39 is 0 Å². The summed E-state index contributed by atoms with van der Waals surface area (Å²) in [6, 6.07) is 1.92. The summed E-state index contributed by atoms with van der Waals surface area (Å²) in [5.41, 5.74) is 0. The van der Waals surface area contributed by atoms with E-state index in [2.05, 4.69) is 29.1 Å². The number of piperidine rings is 1. The number of carbonyl (C=O) groups excluding carboxylic acids is 1. The van der Waals surface area contributed by atoms with Crippen LogP contribution in [0.25, 0.3) is 0 Å². The number of ketones is 1. The molecule has 1 aliphatic rings. The summed E-state index contributed by atoms with van der Waals surface area (Å²) in [6.45, 7) is 6.55. The van der Waals surface area contributed by atoms with E-state index in [0.717, 1.165) is 31.1 Å². The molecular weight excluding hydrogens is 228 g/mol. The lowest BCUT2D eigenvalue weighted by molar-refractivity contribution is -0.118. The van der Waals surface area contributed by atoms with Crippen LogP contribution in [0.4, 0.5) is 11.6 Å². The first kappa shape index (κ1) is 12.8. The lowest BCUT2D eigenvalue weighted by atomic mass is 10.1. The first-order valence-electron chi connectivity index (χ1n) is 6.47. The normalized spacial score (nSPS) is 16.2. The van der Waals surface area contributed by atoms with Crippen LogP contribution in [0.2, 0.25) is 0 Å². The molecule has 0 aliphatic carbocycles. The van der Waals surface area contributed by atoms with Crippen molar-refractivity contribution in [2.24, 2.45) is 5.92 Å². The third-order valence-electron chi connectivity index (χ3n) is 2.92. The molecule has 0 spiro atoms. The van der Waals surface area contributed by atoms with Gasteiger partial charge in [-0.25, -0.2) is 9.97 Å². The van der Waals surface area contributed by atoms with Crippen LogP contribution in [-0.2, 0) is 4.79 Å². The van der Waals surface area contributed by atoms with E-state index in [-0.39, 0.29) is 5.78 Å². The minimum Gasteiger partial charge on any atom is -0.370 e. The Morgan fingerprint density at radius 3 is 3.00 bits per heavy atom.